The average Bonchev–Trinajstić information content (AvgIpc) is 2.73. The maximum atomic E-state index is 12.1. The molecule has 1 aliphatic carbocycles. The van der Waals surface area contributed by atoms with Crippen LogP contribution in [0.2, 0.25) is 5.02 Å². The molecular weight excluding hydrogens is 433 g/mol. The molecule has 0 aliphatic heterocycles. The summed E-state index contributed by atoms with van der Waals surface area (Å²) in [6, 6.07) is 6.50. The number of hydrogen-bond acceptors (Lipinski definition) is 6. The first-order valence-electron chi connectivity index (χ1n) is 10.6. The second-order valence-electron chi connectivity index (χ2n) is 7.37. The molecule has 2 rings (SSSR count). The van der Waals surface area contributed by atoms with E-state index in [1.165, 1.54) is 0 Å². The van der Waals surface area contributed by atoms with Crippen molar-refractivity contribution in [3.05, 3.63) is 29.3 Å². The van der Waals surface area contributed by atoms with Crippen molar-refractivity contribution in [1.82, 2.24) is 5.32 Å². The Morgan fingerprint density at radius 1 is 1.03 bits per heavy atom. The van der Waals surface area contributed by atoms with Crippen LogP contribution < -0.4 is 39.6 Å². The fraction of sp³-hybridized carbons (Fsp3) is 0.591. The Kier molecular flexibility index (Phi) is 13.9. The van der Waals surface area contributed by atoms with E-state index in [0.29, 0.717) is 30.0 Å². The van der Waals surface area contributed by atoms with Crippen LogP contribution in [-0.4, -0.2) is 30.9 Å². The van der Waals surface area contributed by atoms with Crippen LogP contribution in [-0.2, 0) is 19.1 Å². The smallest absolute Gasteiger partial charge is 0.427 e. The number of amides is 1. The Labute approximate surface area is 210 Å². The first-order valence-corrected chi connectivity index (χ1v) is 11.0. The summed E-state index contributed by atoms with van der Waals surface area (Å²) in [7, 11) is 0. The fourth-order valence-corrected chi connectivity index (χ4v) is 3.40. The molecule has 1 saturated carbocycles. The molecular formula is C22H30ClNNaO6+. The molecule has 31 heavy (non-hydrogen) atoms. The van der Waals surface area contributed by atoms with Crippen molar-refractivity contribution in [2.75, 3.05) is 6.54 Å². The first-order chi connectivity index (χ1) is 14.5. The average molecular weight is 463 g/mol. The maximum Gasteiger partial charge on any atom is 1.00 e. The number of rotatable bonds is 10. The van der Waals surface area contributed by atoms with Crippen molar-refractivity contribution in [2.45, 2.75) is 71.0 Å². The number of benzene rings is 1. The minimum absolute atomic E-state index is 0. The number of ether oxygens (including phenoxy) is 3. The topological polar surface area (TPSA) is 90.9 Å². The van der Waals surface area contributed by atoms with Crippen LogP contribution >= 0.6 is 11.6 Å². The molecule has 166 valence electrons. The van der Waals surface area contributed by atoms with Crippen molar-refractivity contribution in [3.8, 4) is 5.75 Å². The van der Waals surface area contributed by atoms with Crippen LogP contribution in [0.3, 0.4) is 0 Å². The minimum atomic E-state index is -0.862. The predicted octanol–water partition coefficient (Wildman–Crippen LogP) is 2.01. The van der Waals surface area contributed by atoms with E-state index < -0.39 is 18.4 Å². The molecule has 7 nitrogen and oxygen atoms in total. The number of carbonyl (C=O) groups excluding carboxylic acids is 3. The molecule has 1 aliphatic rings. The van der Waals surface area contributed by atoms with Crippen LogP contribution in [0.5, 0.6) is 5.75 Å². The zero-order valence-corrected chi connectivity index (χ0v) is 21.1. The molecule has 1 amide bonds. The van der Waals surface area contributed by atoms with Gasteiger partial charge in [-0.2, -0.15) is 0 Å². The molecule has 0 bridgehead atoms. The van der Waals surface area contributed by atoms with Gasteiger partial charge in [-0.1, -0.05) is 37.8 Å². The van der Waals surface area contributed by atoms with Gasteiger partial charge in [0.2, 0.25) is 0 Å². The van der Waals surface area contributed by atoms with E-state index in [0.717, 1.165) is 32.1 Å². The molecule has 1 atom stereocenters. The van der Waals surface area contributed by atoms with Gasteiger partial charge in [0, 0.05) is 30.3 Å². The van der Waals surface area contributed by atoms with Gasteiger partial charge in [0.25, 0.3) is 6.29 Å². The van der Waals surface area contributed by atoms with Crippen molar-refractivity contribution >= 4 is 29.6 Å². The molecule has 1 unspecified atom stereocenters. The van der Waals surface area contributed by atoms with Gasteiger partial charge in [-0.15, -0.1) is 0 Å². The van der Waals surface area contributed by atoms with Gasteiger partial charge in [0.15, 0.2) is 0 Å². The van der Waals surface area contributed by atoms with Crippen molar-refractivity contribution in [2.24, 2.45) is 5.92 Å². The molecule has 0 saturated heterocycles. The van der Waals surface area contributed by atoms with Gasteiger partial charge in [-0.05, 0) is 49.9 Å². The molecule has 1 N–H and O–H groups in total. The number of esters is 2. The number of alkyl carbamates (subject to hydrolysis) is 1. The van der Waals surface area contributed by atoms with Crippen molar-refractivity contribution < 1.29 is 58.2 Å². The van der Waals surface area contributed by atoms with E-state index >= 15 is 0 Å². The Morgan fingerprint density at radius 3 is 2.35 bits per heavy atom. The van der Waals surface area contributed by atoms with E-state index in [1.807, 2.05) is 6.92 Å². The molecule has 0 spiro atoms. The van der Waals surface area contributed by atoms with Crippen LogP contribution in [0.1, 0.15) is 64.7 Å². The van der Waals surface area contributed by atoms with E-state index in [-0.39, 0.29) is 54.4 Å². The van der Waals surface area contributed by atoms with Crippen LogP contribution in [0.25, 0.3) is 0 Å². The Balaban J connectivity index is 0.00000480. The summed E-state index contributed by atoms with van der Waals surface area (Å²) in [5.41, 5.74) is 0. The largest absolute Gasteiger partial charge is 1.00 e. The molecule has 0 aromatic heterocycles. The Bertz CT molecular complexity index is 694. The summed E-state index contributed by atoms with van der Waals surface area (Å²) in [5, 5.41) is 3.17. The second kappa shape index (κ2) is 15.5. The SMILES string of the molecule is CCCC(=O)OC(OC(=O)NCCCC(=O)Oc1ccc(Cl)cc1)C1CCCCC1.[Na+]. The quantitative estimate of drug-likeness (QED) is 0.188. The minimum Gasteiger partial charge on any atom is -0.427 e. The third-order valence-corrected chi connectivity index (χ3v) is 5.08. The van der Waals surface area contributed by atoms with Crippen LogP contribution in [0.15, 0.2) is 24.3 Å². The van der Waals surface area contributed by atoms with Gasteiger partial charge >= 0.3 is 47.6 Å². The van der Waals surface area contributed by atoms with Gasteiger partial charge in [-0.3, -0.25) is 9.59 Å². The van der Waals surface area contributed by atoms with E-state index in [9.17, 15) is 14.4 Å². The number of carbonyl (C=O) groups is 3. The van der Waals surface area contributed by atoms with Crippen molar-refractivity contribution in [3.63, 3.8) is 0 Å². The summed E-state index contributed by atoms with van der Waals surface area (Å²) < 4.78 is 16.0. The van der Waals surface area contributed by atoms with Gasteiger partial charge in [0.05, 0.1) is 0 Å². The van der Waals surface area contributed by atoms with E-state index in [2.05, 4.69) is 5.32 Å². The predicted molar refractivity (Wildman–Crippen MR) is 112 cm³/mol. The summed E-state index contributed by atoms with van der Waals surface area (Å²) in [5.74, 6) is -0.312. The molecule has 1 aromatic rings. The standard InChI is InChI=1S/C22H30ClNO6.Na/c1-2-7-19(25)29-21(16-8-4-3-5-9-16)30-22(27)24-15-6-10-20(26)28-18-13-11-17(23)12-14-18;/h11-14,16,21H,2-10,15H2,1H3,(H,24,27);/q;+1. The number of halogens is 1. The Morgan fingerprint density at radius 2 is 1.71 bits per heavy atom. The third-order valence-electron chi connectivity index (χ3n) is 4.83. The third kappa shape index (κ3) is 11.2. The van der Waals surface area contributed by atoms with Crippen molar-refractivity contribution in [1.29, 1.82) is 0 Å². The van der Waals surface area contributed by atoms with Crippen LogP contribution in [0, 0.1) is 5.92 Å². The van der Waals surface area contributed by atoms with Gasteiger partial charge < -0.3 is 19.5 Å². The molecule has 0 radical (unpaired) electrons. The Hall–Kier alpha value is -1.28. The van der Waals surface area contributed by atoms with Gasteiger partial charge in [-0.25, -0.2) is 4.79 Å². The summed E-state index contributed by atoms with van der Waals surface area (Å²) in [6.45, 7) is 2.14. The summed E-state index contributed by atoms with van der Waals surface area (Å²) >= 11 is 5.79. The van der Waals surface area contributed by atoms with E-state index in [4.69, 9.17) is 25.8 Å². The normalized spacial score (nSPS) is 14.6. The fourth-order valence-electron chi connectivity index (χ4n) is 3.27. The maximum absolute atomic E-state index is 12.1. The second-order valence-corrected chi connectivity index (χ2v) is 7.81. The summed E-state index contributed by atoms with van der Waals surface area (Å²) in [4.78, 5) is 35.9. The number of nitrogens with one attached hydrogen (secondary N) is 1. The first kappa shape index (κ1) is 27.8. The van der Waals surface area contributed by atoms with E-state index in [1.54, 1.807) is 24.3 Å². The van der Waals surface area contributed by atoms with Crippen LogP contribution in [0.4, 0.5) is 4.79 Å². The summed E-state index contributed by atoms with van der Waals surface area (Å²) in [6.07, 6.45) is 4.94. The molecule has 1 fully saturated rings. The monoisotopic (exact) mass is 462 g/mol. The number of hydrogen-bond donors (Lipinski definition) is 1. The molecule has 0 heterocycles. The zero-order valence-electron chi connectivity index (χ0n) is 18.4. The molecule has 1 aromatic carbocycles. The van der Waals surface area contributed by atoms with Gasteiger partial charge in [0.1, 0.15) is 5.75 Å². The zero-order chi connectivity index (χ0) is 21.8. The molecule has 9 heteroatoms.